The van der Waals surface area contributed by atoms with E-state index < -0.39 is 16.0 Å². The second-order valence-corrected chi connectivity index (χ2v) is 8.26. The minimum atomic E-state index is -1.21. The number of nitrogens with zero attached hydrogens (tertiary/aromatic N) is 1. The molecule has 0 saturated carbocycles. The third-order valence-corrected chi connectivity index (χ3v) is 5.05. The van der Waals surface area contributed by atoms with Gasteiger partial charge in [0.25, 0.3) is 6.09 Å². The van der Waals surface area contributed by atoms with E-state index in [1.54, 1.807) is 12.1 Å². The van der Waals surface area contributed by atoms with Gasteiger partial charge in [-0.2, -0.15) is 0 Å². The monoisotopic (exact) mass is 403 g/mol. The molecule has 1 heterocycles. The highest BCUT2D eigenvalue weighted by Crippen LogP contribution is 2.48. The molecule has 25 heavy (non-hydrogen) atoms. The van der Waals surface area contributed by atoms with Crippen molar-refractivity contribution in [1.29, 1.82) is 0 Å². The molecule has 1 aliphatic heterocycles. The summed E-state index contributed by atoms with van der Waals surface area (Å²) in [6.45, 7) is 6.08. The van der Waals surface area contributed by atoms with Crippen molar-refractivity contribution >= 4 is 33.8 Å². The van der Waals surface area contributed by atoms with Crippen LogP contribution in [0.1, 0.15) is 31.9 Å². The Kier molecular flexibility index (Phi) is 4.33. The number of carboxylic acid groups (broad SMARTS) is 1. The number of halogens is 2. The van der Waals surface area contributed by atoms with Crippen LogP contribution in [0.5, 0.6) is 0 Å². The van der Waals surface area contributed by atoms with E-state index in [1.807, 2.05) is 45.0 Å². The van der Waals surface area contributed by atoms with Crippen molar-refractivity contribution in [1.82, 2.24) is 4.48 Å². The average molecular weight is 404 g/mol. The van der Waals surface area contributed by atoms with Crippen LogP contribution in [0.3, 0.4) is 0 Å². The number of hydrogen-bond donors (Lipinski definition) is 0. The summed E-state index contributed by atoms with van der Waals surface area (Å²) in [5.41, 5.74) is 2.24. The zero-order chi connectivity index (χ0) is 18.4. The maximum atomic E-state index is 13.7. The maximum Gasteiger partial charge on any atom is 0.268 e. The van der Waals surface area contributed by atoms with E-state index in [1.165, 1.54) is 12.1 Å². The molecule has 1 aliphatic rings. The molecule has 130 valence electrons. The van der Waals surface area contributed by atoms with Crippen LogP contribution in [0.2, 0.25) is 0 Å². The Balaban J connectivity index is 2.23. The minimum absolute atomic E-state index is 0.206. The Labute approximate surface area is 155 Å². The summed E-state index contributed by atoms with van der Waals surface area (Å²) in [6, 6.07) is 11.8. The van der Waals surface area contributed by atoms with Gasteiger partial charge in [0, 0.05) is 33.2 Å². The van der Waals surface area contributed by atoms with Gasteiger partial charge in [-0.05, 0) is 24.3 Å². The van der Waals surface area contributed by atoms with E-state index in [0.29, 0.717) is 16.9 Å². The fraction of sp³-hybridized carbons (Fsp3) is 0.250. The van der Waals surface area contributed by atoms with Gasteiger partial charge in [0.1, 0.15) is 18.1 Å². The van der Waals surface area contributed by atoms with Crippen LogP contribution in [0.15, 0.2) is 52.6 Å². The van der Waals surface area contributed by atoms with Gasteiger partial charge in [0.2, 0.25) is 0 Å². The first-order chi connectivity index (χ1) is 11.6. The van der Waals surface area contributed by atoms with Crippen molar-refractivity contribution in [2.24, 2.45) is 5.41 Å². The Morgan fingerprint density at radius 1 is 1.16 bits per heavy atom. The van der Waals surface area contributed by atoms with Crippen LogP contribution in [0, 0.1) is 11.2 Å². The molecule has 0 fully saturated rings. The summed E-state index contributed by atoms with van der Waals surface area (Å²) in [5.74, 6) is -0.384. The molecule has 0 bridgehead atoms. The van der Waals surface area contributed by atoms with Crippen molar-refractivity contribution in [3.63, 3.8) is 0 Å². The van der Waals surface area contributed by atoms with Crippen LogP contribution in [0.4, 0.5) is 14.9 Å². The largest absolute Gasteiger partial charge is 0.498 e. The standard InChI is InChI=1S/C20H19BrFNO2/c1-20(2,3)18-11-14-10-16(22)8-9-17(14)23(18,19(24)25)12-13-4-6-15(21)7-5-13/h4-11H,12H2,1-3H3. The maximum absolute atomic E-state index is 13.7. The summed E-state index contributed by atoms with van der Waals surface area (Å²) in [5, 5.41) is 12.4. The number of fused-ring (bicyclic) bond motifs is 1. The molecule has 0 aliphatic carbocycles. The highest BCUT2D eigenvalue weighted by Gasteiger charge is 2.49. The first-order valence-electron chi connectivity index (χ1n) is 8.01. The predicted molar refractivity (Wildman–Crippen MR) is 98.9 cm³/mol. The van der Waals surface area contributed by atoms with Gasteiger partial charge in [-0.25, -0.2) is 8.87 Å². The van der Waals surface area contributed by atoms with Crippen LogP contribution in [-0.2, 0) is 6.54 Å². The Hall–Kier alpha value is -1.98. The molecule has 0 spiro atoms. The molecular weight excluding hydrogens is 385 g/mol. The highest BCUT2D eigenvalue weighted by atomic mass is 79.9. The quantitative estimate of drug-likeness (QED) is 0.673. The summed E-state index contributed by atoms with van der Waals surface area (Å²) >= 11 is 3.39. The van der Waals surface area contributed by atoms with Gasteiger partial charge in [-0.3, -0.25) is 0 Å². The Morgan fingerprint density at radius 2 is 1.80 bits per heavy atom. The molecule has 2 aromatic rings. The van der Waals surface area contributed by atoms with Crippen LogP contribution >= 0.6 is 15.9 Å². The van der Waals surface area contributed by atoms with Crippen molar-refractivity contribution in [3.05, 3.63) is 69.6 Å². The van der Waals surface area contributed by atoms with E-state index in [-0.39, 0.29) is 12.4 Å². The molecule has 1 unspecified atom stereocenters. The number of carbonyl (C=O) groups excluding carboxylic acids is 1. The van der Waals surface area contributed by atoms with Crippen molar-refractivity contribution in [3.8, 4) is 0 Å². The number of hydrogen-bond acceptors (Lipinski definition) is 2. The lowest BCUT2D eigenvalue weighted by Crippen LogP contribution is -2.59. The van der Waals surface area contributed by atoms with Crippen LogP contribution in [-0.4, -0.2) is 6.09 Å². The molecule has 0 N–H and O–H groups in total. The lowest BCUT2D eigenvalue weighted by Gasteiger charge is -2.40. The van der Waals surface area contributed by atoms with Crippen molar-refractivity contribution in [2.75, 3.05) is 0 Å². The predicted octanol–water partition coefficient (Wildman–Crippen LogP) is 4.84. The summed E-state index contributed by atoms with van der Waals surface area (Å²) < 4.78 is 14.2. The molecule has 3 nitrogen and oxygen atoms in total. The van der Waals surface area contributed by atoms with Gasteiger partial charge in [0.15, 0.2) is 5.69 Å². The van der Waals surface area contributed by atoms with E-state index in [0.717, 1.165) is 10.0 Å². The number of allylic oxidation sites excluding steroid dienone is 1. The molecule has 2 aromatic carbocycles. The number of rotatable bonds is 2. The van der Waals surface area contributed by atoms with Gasteiger partial charge < -0.3 is 9.90 Å². The van der Waals surface area contributed by atoms with E-state index in [2.05, 4.69) is 15.9 Å². The zero-order valence-electron chi connectivity index (χ0n) is 14.3. The van der Waals surface area contributed by atoms with Gasteiger partial charge in [0.05, 0.1) is 0 Å². The van der Waals surface area contributed by atoms with Gasteiger partial charge >= 0.3 is 0 Å². The number of quaternary nitrogens is 1. The summed E-state index contributed by atoms with van der Waals surface area (Å²) in [4.78, 5) is 12.4. The molecule has 0 saturated heterocycles. The second kappa shape index (κ2) is 6.07. The van der Waals surface area contributed by atoms with Gasteiger partial charge in [-0.1, -0.05) is 48.8 Å². The first kappa shape index (κ1) is 17.8. The van der Waals surface area contributed by atoms with E-state index in [9.17, 15) is 14.3 Å². The fourth-order valence-electron chi connectivity index (χ4n) is 3.46. The van der Waals surface area contributed by atoms with Crippen molar-refractivity contribution < 1.29 is 14.3 Å². The molecule has 1 atom stereocenters. The SMILES string of the molecule is CC(C)(C)C1=Cc2cc(F)ccc2[N+]1(Cc1ccc(Br)cc1)C(=O)[O-]. The molecule has 0 aromatic heterocycles. The van der Waals surface area contributed by atoms with Crippen LogP contribution < -0.4 is 9.59 Å². The normalized spacial score (nSPS) is 19.5. The summed E-state index contributed by atoms with van der Waals surface area (Å²) in [6.07, 6.45) is 0.571. The topological polar surface area (TPSA) is 40.1 Å². The van der Waals surface area contributed by atoms with Crippen molar-refractivity contribution in [2.45, 2.75) is 27.3 Å². The Bertz CT molecular complexity index is 868. The summed E-state index contributed by atoms with van der Waals surface area (Å²) in [7, 11) is 0. The number of benzene rings is 2. The fourth-order valence-corrected chi connectivity index (χ4v) is 3.72. The van der Waals surface area contributed by atoms with Gasteiger partial charge in [-0.15, -0.1) is 0 Å². The lowest BCUT2D eigenvalue weighted by atomic mass is 9.89. The van der Waals surface area contributed by atoms with E-state index in [4.69, 9.17) is 0 Å². The number of carbonyl (C=O) groups is 1. The molecule has 5 heteroatoms. The minimum Gasteiger partial charge on any atom is -0.498 e. The third-order valence-electron chi connectivity index (χ3n) is 4.52. The average Bonchev–Trinajstić information content (AvgIpc) is 2.84. The zero-order valence-corrected chi connectivity index (χ0v) is 15.9. The Morgan fingerprint density at radius 3 is 2.36 bits per heavy atom. The third kappa shape index (κ3) is 3.02. The van der Waals surface area contributed by atoms with Crippen LogP contribution in [0.25, 0.3) is 6.08 Å². The molecular formula is C20H19BrFNO2. The smallest absolute Gasteiger partial charge is 0.268 e. The molecule has 0 radical (unpaired) electrons. The lowest BCUT2D eigenvalue weighted by molar-refractivity contribution is -0.263. The number of amides is 1. The van der Waals surface area contributed by atoms with E-state index >= 15 is 0 Å². The molecule has 3 rings (SSSR count). The highest BCUT2D eigenvalue weighted by molar-refractivity contribution is 9.10. The molecule has 1 amide bonds. The first-order valence-corrected chi connectivity index (χ1v) is 8.81. The second-order valence-electron chi connectivity index (χ2n) is 7.34.